The predicted octanol–water partition coefficient (Wildman–Crippen LogP) is 4.05. The van der Waals surface area contributed by atoms with E-state index < -0.39 is 6.23 Å². The lowest BCUT2D eigenvalue weighted by Gasteiger charge is -2.25. The van der Waals surface area contributed by atoms with E-state index in [1.54, 1.807) is 16.8 Å². The third kappa shape index (κ3) is 3.32. The molecule has 3 N–H and O–H groups in total. The average Bonchev–Trinajstić information content (AvgIpc) is 3.05. The van der Waals surface area contributed by atoms with Crippen LogP contribution < -0.4 is 15.2 Å². The second-order valence-corrected chi connectivity index (χ2v) is 7.62. The monoisotopic (exact) mass is 466 g/mol. The molecule has 0 saturated heterocycles. The minimum absolute atomic E-state index is 0.0265. The van der Waals surface area contributed by atoms with Gasteiger partial charge in [-0.3, -0.25) is 5.73 Å². The Morgan fingerprint density at radius 3 is 2.70 bits per heavy atom. The number of hydrogen-bond donors (Lipinski definition) is 2. The van der Waals surface area contributed by atoms with Crippen LogP contribution in [-0.2, 0) is 0 Å². The number of fused-ring (bicyclic) bond motifs is 1. The molecule has 152 valence electrons. The molecule has 3 aromatic rings. The smallest absolute Gasteiger partial charge is 0.226 e. The Morgan fingerprint density at radius 2 is 2.03 bits per heavy atom. The van der Waals surface area contributed by atoms with Gasteiger partial charge in [0.1, 0.15) is 6.07 Å². The van der Waals surface area contributed by atoms with Gasteiger partial charge in [-0.1, -0.05) is 22.0 Å². The number of halogens is 1. The number of nitriles is 1. The van der Waals surface area contributed by atoms with E-state index in [9.17, 15) is 10.4 Å². The summed E-state index contributed by atoms with van der Waals surface area (Å²) in [5.41, 5.74) is 9.97. The van der Waals surface area contributed by atoms with Crippen molar-refractivity contribution in [1.82, 2.24) is 9.78 Å². The lowest BCUT2D eigenvalue weighted by atomic mass is 9.91. The SMILES string of the molecule is CCOc1cc(C2=C(C#N)C(N)Oc3c2c(C)nn3-c2ccc(Br)cc2)ccc1O. The van der Waals surface area contributed by atoms with Gasteiger partial charge >= 0.3 is 0 Å². The van der Waals surface area contributed by atoms with Crippen molar-refractivity contribution in [2.24, 2.45) is 5.73 Å². The molecule has 0 amide bonds. The van der Waals surface area contributed by atoms with Crippen LogP contribution in [0.15, 0.2) is 52.5 Å². The van der Waals surface area contributed by atoms with Crippen LogP contribution in [0.2, 0.25) is 0 Å². The van der Waals surface area contributed by atoms with Crippen molar-refractivity contribution in [3.05, 3.63) is 69.3 Å². The topological polar surface area (TPSA) is 106 Å². The van der Waals surface area contributed by atoms with E-state index in [4.69, 9.17) is 15.2 Å². The first-order valence-corrected chi connectivity index (χ1v) is 10.1. The summed E-state index contributed by atoms with van der Waals surface area (Å²) < 4.78 is 14.1. The number of phenols is 1. The summed E-state index contributed by atoms with van der Waals surface area (Å²) in [7, 11) is 0. The van der Waals surface area contributed by atoms with Gasteiger partial charge in [0.15, 0.2) is 17.7 Å². The summed E-state index contributed by atoms with van der Waals surface area (Å²) >= 11 is 3.43. The molecule has 4 rings (SSSR count). The Labute approximate surface area is 182 Å². The van der Waals surface area contributed by atoms with Crippen LogP contribution in [-0.4, -0.2) is 27.7 Å². The first kappa shape index (κ1) is 20.0. The van der Waals surface area contributed by atoms with Crippen LogP contribution >= 0.6 is 15.9 Å². The van der Waals surface area contributed by atoms with Gasteiger partial charge in [0.2, 0.25) is 5.88 Å². The van der Waals surface area contributed by atoms with E-state index in [0.29, 0.717) is 40.6 Å². The highest BCUT2D eigenvalue weighted by molar-refractivity contribution is 9.10. The zero-order valence-corrected chi connectivity index (χ0v) is 18.0. The van der Waals surface area contributed by atoms with Gasteiger partial charge in [0.25, 0.3) is 0 Å². The number of aryl methyl sites for hydroxylation is 1. The summed E-state index contributed by atoms with van der Waals surface area (Å²) in [5.74, 6) is 0.820. The third-order valence-corrected chi connectivity index (χ3v) is 5.33. The molecule has 1 aromatic heterocycles. The second-order valence-electron chi connectivity index (χ2n) is 6.71. The number of nitrogens with zero attached hydrogens (tertiary/aromatic N) is 3. The predicted molar refractivity (Wildman–Crippen MR) is 116 cm³/mol. The minimum Gasteiger partial charge on any atom is -0.504 e. The van der Waals surface area contributed by atoms with Crippen molar-refractivity contribution in [2.75, 3.05) is 6.61 Å². The Morgan fingerprint density at radius 1 is 1.30 bits per heavy atom. The van der Waals surface area contributed by atoms with Crippen molar-refractivity contribution in [3.63, 3.8) is 0 Å². The van der Waals surface area contributed by atoms with Crippen molar-refractivity contribution < 1.29 is 14.6 Å². The molecule has 30 heavy (non-hydrogen) atoms. The number of aromatic hydroxyl groups is 1. The van der Waals surface area contributed by atoms with Crippen molar-refractivity contribution in [3.8, 4) is 29.1 Å². The van der Waals surface area contributed by atoms with Crippen LogP contribution in [0.25, 0.3) is 11.3 Å². The fraction of sp³-hybridized carbons (Fsp3) is 0.182. The number of ether oxygens (including phenoxy) is 2. The number of phenolic OH excluding ortho intramolecular Hbond substituents is 1. The van der Waals surface area contributed by atoms with E-state index in [1.807, 2.05) is 38.1 Å². The zero-order valence-electron chi connectivity index (χ0n) is 16.4. The molecular formula is C22H19BrN4O3. The Bertz CT molecular complexity index is 1190. The molecule has 0 spiro atoms. The number of rotatable bonds is 4. The van der Waals surface area contributed by atoms with E-state index in [1.165, 1.54) is 6.07 Å². The van der Waals surface area contributed by atoms with Crippen LogP contribution in [0.3, 0.4) is 0 Å². The minimum atomic E-state index is -0.952. The zero-order chi connectivity index (χ0) is 21.4. The van der Waals surface area contributed by atoms with E-state index in [-0.39, 0.29) is 11.3 Å². The van der Waals surface area contributed by atoms with Crippen LogP contribution in [0.4, 0.5) is 0 Å². The number of aromatic nitrogens is 2. The number of nitrogens with two attached hydrogens (primary N) is 1. The molecule has 1 aliphatic heterocycles. The number of hydrogen-bond acceptors (Lipinski definition) is 6. The Balaban J connectivity index is 1.95. The normalized spacial score (nSPS) is 15.4. The summed E-state index contributed by atoms with van der Waals surface area (Å²) in [6, 6.07) is 14.8. The Hall–Kier alpha value is -3.28. The van der Waals surface area contributed by atoms with Crippen molar-refractivity contribution in [1.29, 1.82) is 5.26 Å². The lowest BCUT2D eigenvalue weighted by Crippen LogP contribution is -2.33. The van der Waals surface area contributed by atoms with Gasteiger partial charge in [0.05, 0.1) is 29.1 Å². The molecule has 0 fully saturated rings. The van der Waals surface area contributed by atoms with E-state index in [2.05, 4.69) is 27.1 Å². The average molecular weight is 467 g/mol. The van der Waals surface area contributed by atoms with Crippen LogP contribution in [0.5, 0.6) is 17.4 Å². The maximum absolute atomic E-state index is 10.1. The largest absolute Gasteiger partial charge is 0.504 e. The summed E-state index contributed by atoms with van der Waals surface area (Å²) in [4.78, 5) is 0. The molecule has 1 unspecified atom stereocenters. The number of benzene rings is 2. The maximum Gasteiger partial charge on any atom is 0.226 e. The van der Waals surface area contributed by atoms with E-state index in [0.717, 1.165) is 10.2 Å². The third-order valence-electron chi connectivity index (χ3n) is 4.80. The molecule has 0 saturated carbocycles. The molecule has 8 heteroatoms. The molecule has 1 atom stereocenters. The highest BCUT2D eigenvalue weighted by Crippen LogP contribution is 2.43. The van der Waals surface area contributed by atoms with Crippen molar-refractivity contribution >= 4 is 21.5 Å². The van der Waals surface area contributed by atoms with Crippen LogP contribution in [0.1, 0.15) is 23.7 Å². The fourth-order valence-electron chi connectivity index (χ4n) is 3.48. The van der Waals surface area contributed by atoms with Gasteiger partial charge in [0, 0.05) is 10.0 Å². The second kappa shape index (κ2) is 7.86. The van der Waals surface area contributed by atoms with Gasteiger partial charge in [-0.2, -0.15) is 10.4 Å². The molecule has 7 nitrogen and oxygen atoms in total. The highest BCUT2D eigenvalue weighted by atomic mass is 79.9. The first-order valence-electron chi connectivity index (χ1n) is 9.33. The summed E-state index contributed by atoms with van der Waals surface area (Å²) in [6.07, 6.45) is -0.952. The fourth-order valence-corrected chi connectivity index (χ4v) is 3.74. The molecule has 0 bridgehead atoms. The van der Waals surface area contributed by atoms with Gasteiger partial charge in [-0.15, -0.1) is 0 Å². The van der Waals surface area contributed by atoms with Gasteiger partial charge < -0.3 is 14.6 Å². The quantitative estimate of drug-likeness (QED) is 0.600. The van der Waals surface area contributed by atoms with Gasteiger partial charge in [-0.05, 0) is 55.8 Å². The maximum atomic E-state index is 10.1. The first-order chi connectivity index (χ1) is 14.4. The molecule has 2 heterocycles. The standard InChI is InChI=1S/C22H19BrN4O3/c1-3-29-18-10-13(4-9-17(18)28)20-16(11-24)21(25)30-22-19(20)12(2)26-27(22)15-7-5-14(23)6-8-15/h4-10,21,28H,3,25H2,1-2H3. The molecule has 2 aromatic carbocycles. The van der Waals surface area contributed by atoms with E-state index >= 15 is 0 Å². The van der Waals surface area contributed by atoms with Crippen molar-refractivity contribution in [2.45, 2.75) is 20.1 Å². The van der Waals surface area contributed by atoms with Crippen LogP contribution in [0, 0.1) is 18.3 Å². The summed E-state index contributed by atoms with van der Waals surface area (Å²) in [6.45, 7) is 4.09. The molecule has 0 radical (unpaired) electrons. The highest BCUT2D eigenvalue weighted by Gasteiger charge is 2.33. The lowest BCUT2D eigenvalue weighted by molar-refractivity contribution is 0.228. The molecule has 1 aliphatic rings. The Kier molecular flexibility index (Phi) is 5.24. The molecular weight excluding hydrogens is 448 g/mol. The molecule has 0 aliphatic carbocycles. The summed E-state index contributed by atoms with van der Waals surface area (Å²) in [5, 5.41) is 24.5. The van der Waals surface area contributed by atoms with Gasteiger partial charge in [-0.25, -0.2) is 4.68 Å².